The highest BCUT2D eigenvalue weighted by Gasteiger charge is 2.62. The summed E-state index contributed by atoms with van der Waals surface area (Å²) in [5.41, 5.74) is 0.0539. The summed E-state index contributed by atoms with van der Waals surface area (Å²) >= 11 is 3.69. The molecule has 9 atom stereocenters. The van der Waals surface area contributed by atoms with Crippen LogP contribution in [0.3, 0.4) is 0 Å². The van der Waals surface area contributed by atoms with E-state index in [0.29, 0.717) is 23.7 Å². The zero-order chi connectivity index (χ0) is 16.4. The zero-order valence-electron chi connectivity index (χ0n) is 13.9. The van der Waals surface area contributed by atoms with E-state index in [4.69, 9.17) is 0 Å². The normalized spacial score (nSPS) is 58.4. The molecule has 0 heterocycles. The molecule has 4 aliphatic carbocycles. The van der Waals surface area contributed by atoms with Crippen LogP contribution in [0.15, 0.2) is 12.2 Å². The third-order valence-corrected chi connectivity index (χ3v) is 9.15. The molecule has 3 saturated carbocycles. The smallest absolute Gasteiger partial charge is 0.0724 e. The molecule has 0 aromatic heterocycles. The Morgan fingerprint density at radius 1 is 1.09 bits per heavy atom. The number of hydrogen-bond donors (Lipinski definition) is 3. The predicted molar refractivity (Wildman–Crippen MR) is 93.2 cm³/mol. The minimum atomic E-state index is -0.352. The molecule has 130 valence electrons. The first kappa shape index (κ1) is 16.6. The molecule has 3 N–H and O–H groups in total. The van der Waals surface area contributed by atoms with Crippen molar-refractivity contribution in [1.82, 2.24) is 0 Å². The van der Waals surface area contributed by atoms with Gasteiger partial charge in [0.05, 0.1) is 18.3 Å². The van der Waals surface area contributed by atoms with Crippen LogP contribution in [0.25, 0.3) is 0 Å². The Bertz CT molecular complexity index is 509. The molecule has 1 unspecified atom stereocenters. The number of aliphatic hydroxyl groups excluding tert-OH is 3. The van der Waals surface area contributed by atoms with Crippen molar-refractivity contribution in [2.45, 2.75) is 63.8 Å². The van der Waals surface area contributed by atoms with Gasteiger partial charge in [0.2, 0.25) is 0 Å². The molecule has 0 saturated heterocycles. The van der Waals surface area contributed by atoms with Gasteiger partial charge in [-0.1, -0.05) is 35.0 Å². The van der Waals surface area contributed by atoms with Crippen molar-refractivity contribution in [3.8, 4) is 0 Å². The SMILES string of the molecule is C[C@]12C=C[C@H](O)CC1C[C@H](O)[C@H]1[C@@H]3CC[C@@H](O)[C@@]3(CBr)CC[C@@H]12. The number of halogens is 1. The first-order valence-electron chi connectivity index (χ1n) is 9.22. The molecule has 23 heavy (non-hydrogen) atoms. The van der Waals surface area contributed by atoms with Crippen LogP contribution < -0.4 is 0 Å². The highest BCUT2D eigenvalue weighted by molar-refractivity contribution is 9.09. The maximum absolute atomic E-state index is 11.0. The van der Waals surface area contributed by atoms with Crippen LogP contribution in [0.4, 0.5) is 0 Å². The van der Waals surface area contributed by atoms with Crippen LogP contribution in [0.2, 0.25) is 0 Å². The standard InChI is InChI=1S/C19H29BrO3/c1-18-6-4-12(21)8-11(18)9-15(22)17-13(18)5-7-19(10-20)14(17)2-3-16(19)23/h4,6,11-17,21-23H,2-3,5,7-10H2,1H3/t11?,12-,13-,14-,15-,16+,17+,18-,19+/m0/s1. The minimum absolute atomic E-state index is 0.0385. The fourth-order valence-corrected chi connectivity index (χ4v) is 7.87. The van der Waals surface area contributed by atoms with Gasteiger partial charge in [-0.3, -0.25) is 0 Å². The van der Waals surface area contributed by atoms with E-state index in [1.54, 1.807) is 0 Å². The predicted octanol–water partition coefficient (Wildman–Crippen LogP) is 2.87. The summed E-state index contributed by atoms with van der Waals surface area (Å²) < 4.78 is 0. The molecular formula is C19H29BrO3. The van der Waals surface area contributed by atoms with Crippen LogP contribution in [-0.4, -0.2) is 39.0 Å². The van der Waals surface area contributed by atoms with Gasteiger partial charge in [-0.25, -0.2) is 0 Å². The molecule has 0 aliphatic heterocycles. The van der Waals surface area contributed by atoms with E-state index >= 15 is 0 Å². The Morgan fingerprint density at radius 3 is 2.61 bits per heavy atom. The fraction of sp³-hybridized carbons (Fsp3) is 0.895. The lowest BCUT2D eigenvalue weighted by molar-refractivity contribution is -0.148. The highest BCUT2D eigenvalue weighted by Crippen LogP contribution is 2.65. The second-order valence-electron chi connectivity index (χ2n) is 8.82. The van der Waals surface area contributed by atoms with Crippen molar-refractivity contribution in [3.05, 3.63) is 12.2 Å². The number of rotatable bonds is 1. The zero-order valence-corrected chi connectivity index (χ0v) is 15.5. The Labute approximate surface area is 147 Å². The molecular weight excluding hydrogens is 356 g/mol. The molecule has 0 spiro atoms. The first-order valence-corrected chi connectivity index (χ1v) is 10.3. The lowest BCUT2D eigenvalue weighted by Crippen LogP contribution is -2.58. The monoisotopic (exact) mass is 384 g/mol. The van der Waals surface area contributed by atoms with E-state index in [2.05, 4.69) is 28.9 Å². The van der Waals surface area contributed by atoms with E-state index < -0.39 is 0 Å². The van der Waals surface area contributed by atoms with E-state index in [0.717, 1.165) is 43.9 Å². The second-order valence-corrected chi connectivity index (χ2v) is 9.38. The second kappa shape index (κ2) is 5.55. The van der Waals surface area contributed by atoms with Crippen molar-refractivity contribution < 1.29 is 15.3 Å². The first-order chi connectivity index (χ1) is 10.9. The van der Waals surface area contributed by atoms with Gasteiger partial charge < -0.3 is 15.3 Å². The summed E-state index contributed by atoms with van der Waals surface area (Å²) in [5, 5.41) is 32.5. The molecule has 3 nitrogen and oxygen atoms in total. The number of fused-ring (bicyclic) bond motifs is 5. The highest BCUT2D eigenvalue weighted by atomic mass is 79.9. The summed E-state index contributed by atoms with van der Waals surface area (Å²) in [6.45, 7) is 2.34. The average Bonchev–Trinajstić information content (AvgIpc) is 2.87. The van der Waals surface area contributed by atoms with Crippen LogP contribution in [0.1, 0.15) is 45.4 Å². The summed E-state index contributed by atoms with van der Waals surface area (Å²) in [5.74, 6) is 1.56. The quantitative estimate of drug-likeness (QED) is 0.481. The Hall–Kier alpha value is 0.100. The maximum Gasteiger partial charge on any atom is 0.0724 e. The van der Waals surface area contributed by atoms with Crippen LogP contribution >= 0.6 is 15.9 Å². The number of aliphatic hydroxyl groups is 3. The van der Waals surface area contributed by atoms with Gasteiger partial charge >= 0.3 is 0 Å². The Morgan fingerprint density at radius 2 is 1.87 bits per heavy atom. The molecule has 0 aromatic rings. The third kappa shape index (κ3) is 2.17. The lowest BCUT2D eigenvalue weighted by Gasteiger charge is -2.60. The van der Waals surface area contributed by atoms with Gasteiger partial charge in [0.15, 0.2) is 0 Å². The van der Waals surface area contributed by atoms with E-state index in [1.807, 2.05) is 6.08 Å². The molecule has 0 aromatic carbocycles. The average molecular weight is 385 g/mol. The summed E-state index contributed by atoms with van der Waals surface area (Å²) in [7, 11) is 0. The van der Waals surface area contributed by atoms with Crippen molar-refractivity contribution >= 4 is 15.9 Å². The van der Waals surface area contributed by atoms with Crippen molar-refractivity contribution in [3.63, 3.8) is 0 Å². The fourth-order valence-electron chi connectivity index (χ4n) is 6.80. The molecule has 0 radical (unpaired) electrons. The maximum atomic E-state index is 11.0. The van der Waals surface area contributed by atoms with Gasteiger partial charge in [0, 0.05) is 10.7 Å². The topological polar surface area (TPSA) is 60.7 Å². The molecule has 0 amide bonds. The Balaban J connectivity index is 1.72. The summed E-state index contributed by atoms with van der Waals surface area (Å²) in [6, 6.07) is 0. The molecule has 4 aliphatic rings. The minimum Gasteiger partial charge on any atom is -0.393 e. The molecule has 4 heteroatoms. The van der Waals surface area contributed by atoms with Crippen LogP contribution in [0, 0.1) is 34.5 Å². The largest absolute Gasteiger partial charge is 0.393 e. The van der Waals surface area contributed by atoms with Crippen LogP contribution in [0.5, 0.6) is 0 Å². The van der Waals surface area contributed by atoms with E-state index in [1.165, 1.54) is 0 Å². The molecule has 3 fully saturated rings. The van der Waals surface area contributed by atoms with Gasteiger partial charge in [-0.2, -0.15) is 0 Å². The number of hydrogen-bond acceptors (Lipinski definition) is 3. The lowest BCUT2D eigenvalue weighted by atomic mass is 9.45. The Kier molecular flexibility index (Phi) is 4.00. The molecule has 0 bridgehead atoms. The third-order valence-electron chi connectivity index (χ3n) is 8.10. The van der Waals surface area contributed by atoms with Gasteiger partial charge in [0.1, 0.15) is 0 Å². The van der Waals surface area contributed by atoms with E-state index in [9.17, 15) is 15.3 Å². The van der Waals surface area contributed by atoms with Crippen molar-refractivity contribution in [2.24, 2.45) is 34.5 Å². The van der Waals surface area contributed by atoms with E-state index in [-0.39, 0.29) is 29.1 Å². The van der Waals surface area contributed by atoms with Crippen molar-refractivity contribution in [2.75, 3.05) is 5.33 Å². The van der Waals surface area contributed by atoms with Gasteiger partial charge in [-0.15, -0.1) is 0 Å². The summed E-state index contributed by atoms with van der Waals surface area (Å²) in [4.78, 5) is 0. The van der Waals surface area contributed by atoms with Crippen LogP contribution in [-0.2, 0) is 0 Å². The summed E-state index contributed by atoms with van der Waals surface area (Å²) in [6.07, 6.45) is 8.98. The van der Waals surface area contributed by atoms with Gasteiger partial charge in [-0.05, 0) is 67.6 Å². The molecule has 4 rings (SSSR count). The number of alkyl halides is 1. The van der Waals surface area contributed by atoms with Crippen molar-refractivity contribution in [1.29, 1.82) is 0 Å². The van der Waals surface area contributed by atoms with Gasteiger partial charge in [0.25, 0.3) is 0 Å². The number of allylic oxidation sites excluding steroid dienone is 1.